The Bertz CT molecular complexity index is 1090. The summed E-state index contributed by atoms with van der Waals surface area (Å²) in [5, 5.41) is 8.45. The Hall–Kier alpha value is -2.92. The highest BCUT2D eigenvalue weighted by atomic mass is 19.1. The number of aromatic nitrogens is 1. The van der Waals surface area contributed by atoms with E-state index in [4.69, 9.17) is 15.1 Å². The number of nitrogens with one attached hydrogen (secondary N) is 1. The van der Waals surface area contributed by atoms with Crippen LogP contribution < -0.4 is 0 Å². The molecule has 1 aliphatic heterocycles. The van der Waals surface area contributed by atoms with Crippen LogP contribution in [0.25, 0.3) is 27.6 Å². The van der Waals surface area contributed by atoms with Gasteiger partial charge in [0.25, 0.3) is 0 Å². The van der Waals surface area contributed by atoms with E-state index >= 15 is 0 Å². The van der Waals surface area contributed by atoms with E-state index in [9.17, 15) is 8.78 Å². The van der Waals surface area contributed by atoms with Gasteiger partial charge in [-0.25, -0.2) is 13.8 Å². The molecule has 1 fully saturated rings. The Morgan fingerprint density at radius 2 is 1.87 bits per heavy atom. The number of halogens is 2. The Balaban J connectivity index is 1.76. The van der Waals surface area contributed by atoms with Crippen molar-refractivity contribution in [2.45, 2.75) is 26.2 Å². The van der Waals surface area contributed by atoms with Crippen molar-refractivity contribution in [1.82, 2.24) is 4.98 Å². The van der Waals surface area contributed by atoms with Gasteiger partial charge in [-0.2, -0.15) is 0 Å². The van der Waals surface area contributed by atoms with Crippen LogP contribution in [0.1, 0.15) is 31.0 Å². The van der Waals surface area contributed by atoms with Gasteiger partial charge < -0.3 is 10.1 Å². The first kappa shape index (κ1) is 20.4. The van der Waals surface area contributed by atoms with Crippen molar-refractivity contribution in [2.24, 2.45) is 5.92 Å². The molecule has 0 bridgehead atoms. The van der Waals surface area contributed by atoms with Crippen LogP contribution in [0.2, 0.25) is 0 Å². The third-order valence-corrected chi connectivity index (χ3v) is 5.77. The fourth-order valence-electron chi connectivity index (χ4n) is 4.04. The number of fused-ring (bicyclic) bond motifs is 1. The zero-order valence-electron chi connectivity index (χ0n) is 16.9. The Morgan fingerprint density at radius 3 is 2.53 bits per heavy atom. The molecule has 30 heavy (non-hydrogen) atoms. The number of benzene rings is 2. The summed E-state index contributed by atoms with van der Waals surface area (Å²) in [4.78, 5) is 4.69. The van der Waals surface area contributed by atoms with Crippen molar-refractivity contribution in [1.29, 1.82) is 5.41 Å². The number of hydrogen-bond acceptors (Lipinski definition) is 3. The topological polar surface area (TPSA) is 46.0 Å². The first-order valence-corrected chi connectivity index (χ1v) is 10.2. The van der Waals surface area contributed by atoms with Crippen molar-refractivity contribution in [3.8, 4) is 11.1 Å². The highest BCUT2D eigenvalue weighted by Gasteiger charge is 2.20. The Morgan fingerprint density at radius 1 is 1.13 bits per heavy atom. The van der Waals surface area contributed by atoms with Crippen LogP contribution in [0, 0.1) is 23.0 Å². The summed E-state index contributed by atoms with van der Waals surface area (Å²) in [6.45, 7) is 3.15. The molecule has 1 N–H and O–H groups in total. The molecule has 1 aliphatic rings. The van der Waals surface area contributed by atoms with Crippen molar-refractivity contribution < 1.29 is 13.5 Å². The number of rotatable bonds is 5. The van der Waals surface area contributed by atoms with Gasteiger partial charge in [-0.15, -0.1) is 0 Å². The molecule has 3 aromatic rings. The van der Waals surface area contributed by atoms with Gasteiger partial charge in [0.2, 0.25) is 0 Å². The van der Waals surface area contributed by atoms with Crippen LogP contribution in [0.15, 0.2) is 48.5 Å². The maximum absolute atomic E-state index is 14.9. The number of pyridine rings is 1. The summed E-state index contributed by atoms with van der Waals surface area (Å²) < 4.78 is 35.2. The van der Waals surface area contributed by atoms with Crippen molar-refractivity contribution >= 4 is 22.7 Å². The summed E-state index contributed by atoms with van der Waals surface area (Å²) in [5.74, 6) is -0.785. The first-order valence-electron chi connectivity index (χ1n) is 10.2. The van der Waals surface area contributed by atoms with E-state index < -0.39 is 11.6 Å². The van der Waals surface area contributed by atoms with Gasteiger partial charge in [0.05, 0.1) is 11.2 Å². The van der Waals surface area contributed by atoms with Crippen LogP contribution >= 0.6 is 0 Å². The van der Waals surface area contributed by atoms with E-state index in [-0.39, 0.29) is 11.5 Å². The van der Waals surface area contributed by atoms with Crippen LogP contribution in [0.5, 0.6) is 0 Å². The predicted molar refractivity (Wildman–Crippen MR) is 117 cm³/mol. The third kappa shape index (κ3) is 4.03. The molecule has 154 valence electrons. The van der Waals surface area contributed by atoms with E-state index in [1.165, 1.54) is 18.3 Å². The Labute approximate surface area is 174 Å². The van der Waals surface area contributed by atoms with Gasteiger partial charge >= 0.3 is 0 Å². The molecule has 0 amide bonds. The molecule has 0 spiro atoms. The smallest absolute Gasteiger partial charge is 0.129 e. The molecule has 1 saturated heterocycles. The fraction of sp³-hybridized carbons (Fsp3) is 0.280. The van der Waals surface area contributed by atoms with E-state index in [0.29, 0.717) is 47.5 Å². The number of para-hydroxylation sites is 1. The second-order valence-electron chi connectivity index (χ2n) is 7.64. The van der Waals surface area contributed by atoms with Gasteiger partial charge in [-0.3, -0.25) is 0 Å². The molecule has 1 aromatic heterocycles. The zero-order chi connectivity index (χ0) is 21.1. The van der Waals surface area contributed by atoms with Crippen molar-refractivity contribution in [2.75, 3.05) is 13.2 Å². The quantitative estimate of drug-likeness (QED) is 0.513. The maximum Gasteiger partial charge on any atom is 0.129 e. The lowest BCUT2D eigenvalue weighted by Crippen LogP contribution is -2.18. The standard InChI is InChI=1S/C25H24F2N2O/c1-2-17(15-28)24-7-6-18-4-3-5-20(25(18)29-24)19-13-22(26)21(23(27)14-19)12-16-8-10-30-11-9-16/h2-7,13-16,28H,8-12H2,1H3/b17-2+,28-15?. The first-order chi connectivity index (χ1) is 14.6. The minimum Gasteiger partial charge on any atom is -0.381 e. The second-order valence-corrected chi connectivity index (χ2v) is 7.64. The lowest BCUT2D eigenvalue weighted by Gasteiger charge is -2.22. The molecule has 5 heteroatoms. The number of nitrogens with zero attached hydrogens (tertiary/aromatic N) is 1. The molecule has 0 aliphatic carbocycles. The summed E-state index contributed by atoms with van der Waals surface area (Å²) in [6.07, 6.45) is 5.12. The Kier molecular flexibility index (Phi) is 6.00. The lowest BCUT2D eigenvalue weighted by molar-refractivity contribution is 0.0660. The lowest BCUT2D eigenvalue weighted by atomic mass is 9.90. The van der Waals surface area contributed by atoms with E-state index in [0.717, 1.165) is 18.2 Å². The van der Waals surface area contributed by atoms with Crippen LogP contribution in [-0.2, 0) is 11.2 Å². The van der Waals surface area contributed by atoms with E-state index in [2.05, 4.69) is 0 Å². The normalized spacial score (nSPS) is 15.5. The average Bonchev–Trinajstić information content (AvgIpc) is 2.77. The average molecular weight is 406 g/mol. The largest absolute Gasteiger partial charge is 0.381 e. The predicted octanol–water partition coefficient (Wildman–Crippen LogP) is 6.20. The second kappa shape index (κ2) is 8.84. The van der Waals surface area contributed by atoms with E-state index in [1.807, 2.05) is 43.3 Å². The van der Waals surface area contributed by atoms with Gasteiger partial charge in [0.15, 0.2) is 0 Å². The third-order valence-electron chi connectivity index (χ3n) is 5.77. The molecule has 0 radical (unpaired) electrons. The molecule has 0 saturated carbocycles. The van der Waals surface area contributed by atoms with Gasteiger partial charge in [-0.05, 0) is 55.9 Å². The van der Waals surface area contributed by atoms with Crippen molar-refractivity contribution in [3.05, 3.63) is 71.4 Å². The molecular formula is C25H24F2N2O. The summed E-state index contributed by atoms with van der Waals surface area (Å²) >= 11 is 0. The molecular weight excluding hydrogens is 382 g/mol. The minimum absolute atomic E-state index is 0.152. The number of ether oxygens (including phenoxy) is 1. The SMILES string of the molecule is C/C=C(\C=N)c1ccc2cccc(-c3cc(F)c(CC4CCOCC4)c(F)c3)c2n1. The van der Waals surface area contributed by atoms with Gasteiger partial charge in [-0.1, -0.05) is 30.3 Å². The van der Waals surface area contributed by atoms with E-state index in [1.54, 1.807) is 0 Å². The maximum atomic E-state index is 14.9. The summed E-state index contributed by atoms with van der Waals surface area (Å²) in [5.41, 5.74) is 3.30. The zero-order valence-corrected chi connectivity index (χ0v) is 16.9. The van der Waals surface area contributed by atoms with Crippen LogP contribution in [0.3, 0.4) is 0 Å². The van der Waals surface area contributed by atoms with Crippen molar-refractivity contribution in [3.63, 3.8) is 0 Å². The minimum atomic E-state index is -0.515. The highest BCUT2D eigenvalue weighted by molar-refractivity contribution is 6.08. The van der Waals surface area contributed by atoms with Crippen LogP contribution in [0.4, 0.5) is 8.78 Å². The van der Waals surface area contributed by atoms with Gasteiger partial charge in [0.1, 0.15) is 11.6 Å². The number of allylic oxidation sites excluding steroid dienone is 2. The van der Waals surface area contributed by atoms with Gasteiger partial charge in [0, 0.05) is 41.5 Å². The molecule has 3 nitrogen and oxygen atoms in total. The molecule has 2 heterocycles. The summed E-state index contributed by atoms with van der Waals surface area (Å²) in [6, 6.07) is 12.2. The molecule has 0 unspecified atom stereocenters. The molecule has 0 atom stereocenters. The fourth-order valence-corrected chi connectivity index (χ4v) is 4.04. The number of hydrogen-bond donors (Lipinski definition) is 1. The van der Waals surface area contributed by atoms with Crippen LogP contribution in [-0.4, -0.2) is 24.4 Å². The molecule has 4 rings (SSSR count). The molecule has 2 aromatic carbocycles. The monoisotopic (exact) mass is 406 g/mol. The highest BCUT2D eigenvalue weighted by Crippen LogP contribution is 2.32. The summed E-state index contributed by atoms with van der Waals surface area (Å²) in [7, 11) is 0.